The minimum absolute atomic E-state index is 0.174. The predicted molar refractivity (Wildman–Crippen MR) is 118 cm³/mol. The molecule has 4 aromatic rings. The molecule has 0 aliphatic rings. The molecule has 8 heteroatoms. The molecule has 0 aliphatic heterocycles. The molecule has 1 heterocycles. The van der Waals surface area contributed by atoms with E-state index in [0.29, 0.717) is 21.1 Å². The van der Waals surface area contributed by atoms with Crippen molar-refractivity contribution >= 4 is 46.0 Å². The van der Waals surface area contributed by atoms with Gasteiger partial charge in [0.1, 0.15) is 5.82 Å². The quantitative estimate of drug-likeness (QED) is 0.481. The Labute approximate surface area is 181 Å². The van der Waals surface area contributed by atoms with Crippen molar-refractivity contribution in [2.75, 3.05) is 5.32 Å². The highest BCUT2D eigenvalue weighted by Crippen LogP contribution is 2.39. The number of carbonyl (C=O) groups is 1. The first-order valence-electron chi connectivity index (χ1n) is 9.04. The maximum absolute atomic E-state index is 13.5. The summed E-state index contributed by atoms with van der Waals surface area (Å²) in [5.74, 6) is -0.940. The number of nitrogens with zero attached hydrogens (tertiary/aromatic N) is 2. The van der Waals surface area contributed by atoms with Crippen LogP contribution >= 0.6 is 23.4 Å². The van der Waals surface area contributed by atoms with E-state index in [0.717, 1.165) is 10.4 Å². The average Bonchev–Trinajstić information content (AvgIpc) is 2.93. The van der Waals surface area contributed by atoms with E-state index in [1.165, 1.54) is 40.6 Å². The molecule has 0 fully saturated rings. The molecule has 1 N–H and O–H groups in total. The molecule has 0 saturated carbocycles. The molecule has 0 aliphatic carbocycles. The Morgan fingerprint density at radius 2 is 1.67 bits per heavy atom. The Hall–Kier alpha value is -3.03. The number of halogens is 2. The van der Waals surface area contributed by atoms with Crippen molar-refractivity contribution in [3.05, 3.63) is 87.6 Å². The minimum Gasteiger partial charge on any atom is -0.321 e. The monoisotopic (exact) mass is 441 g/mol. The highest BCUT2D eigenvalue weighted by molar-refractivity contribution is 7.99. The SMILES string of the molecule is Cn1c(=O)n(C)c2cc(Sc3ccccc3Cl)c(NC(=O)c3cccc(F)c3)cc21. The third-order valence-electron chi connectivity index (χ3n) is 4.76. The number of carbonyl (C=O) groups excluding carboxylic acids is 1. The van der Waals surface area contributed by atoms with Gasteiger partial charge in [0.25, 0.3) is 5.91 Å². The summed E-state index contributed by atoms with van der Waals surface area (Å²) in [6.45, 7) is 0. The van der Waals surface area contributed by atoms with Crippen LogP contribution in [0.15, 0.2) is 75.2 Å². The summed E-state index contributed by atoms with van der Waals surface area (Å²) in [7, 11) is 3.36. The van der Waals surface area contributed by atoms with Gasteiger partial charge < -0.3 is 5.32 Å². The maximum Gasteiger partial charge on any atom is 0.328 e. The summed E-state index contributed by atoms with van der Waals surface area (Å²) in [6.07, 6.45) is 0. The molecule has 30 heavy (non-hydrogen) atoms. The van der Waals surface area contributed by atoms with Crippen LogP contribution in [0.5, 0.6) is 0 Å². The first-order valence-corrected chi connectivity index (χ1v) is 10.2. The van der Waals surface area contributed by atoms with Gasteiger partial charge in [-0.1, -0.05) is 41.6 Å². The lowest BCUT2D eigenvalue weighted by molar-refractivity contribution is 0.102. The smallest absolute Gasteiger partial charge is 0.321 e. The normalized spacial score (nSPS) is 11.1. The van der Waals surface area contributed by atoms with Crippen molar-refractivity contribution in [2.45, 2.75) is 9.79 Å². The summed E-state index contributed by atoms with van der Waals surface area (Å²) < 4.78 is 16.6. The van der Waals surface area contributed by atoms with Crippen molar-refractivity contribution in [3.63, 3.8) is 0 Å². The van der Waals surface area contributed by atoms with Gasteiger partial charge in [-0.15, -0.1) is 0 Å². The number of anilines is 1. The number of benzene rings is 3. The van der Waals surface area contributed by atoms with Gasteiger partial charge in [0.15, 0.2) is 0 Å². The molecule has 152 valence electrons. The summed E-state index contributed by atoms with van der Waals surface area (Å²) in [6, 6.07) is 16.4. The summed E-state index contributed by atoms with van der Waals surface area (Å²) >= 11 is 7.69. The summed E-state index contributed by atoms with van der Waals surface area (Å²) in [4.78, 5) is 26.6. The molecular formula is C22H17ClFN3O2S. The Morgan fingerprint density at radius 3 is 2.37 bits per heavy atom. The van der Waals surface area contributed by atoms with Crippen molar-refractivity contribution in [1.82, 2.24) is 9.13 Å². The van der Waals surface area contributed by atoms with Gasteiger partial charge in [-0.25, -0.2) is 9.18 Å². The van der Waals surface area contributed by atoms with Gasteiger partial charge in [-0.3, -0.25) is 13.9 Å². The third kappa shape index (κ3) is 3.74. The second-order valence-corrected chi connectivity index (χ2v) is 8.23. The molecule has 3 aromatic carbocycles. The first-order chi connectivity index (χ1) is 14.3. The molecule has 1 amide bonds. The molecule has 0 saturated heterocycles. The molecule has 0 bridgehead atoms. The van der Waals surface area contributed by atoms with E-state index in [9.17, 15) is 14.0 Å². The van der Waals surface area contributed by atoms with Crippen LogP contribution in [0, 0.1) is 5.82 Å². The molecule has 1 aromatic heterocycles. The van der Waals surface area contributed by atoms with Crippen LogP contribution in [-0.2, 0) is 14.1 Å². The fourth-order valence-electron chi connectivity index (χ4n) is 3.18. The van der Waals surface area contributed by atoms with Crippen molar-refractivity contribution in [2.24, 2.45) is 14.1 Å². The standard InChI is InChI=1S/C22H17ClFN3O2S/c1-26-17-11-16(25-21(28)13-6-5-7-14(24)10-13)20(12-18(17)27(2)22(26)29)30-19-9-4-3-8-15(19)23/h3-12H,1-2H3,(H,25,28). The summed E-state index contributed by atoms with van der Waals surface area (Å²) in [5.41, 5.74) is 1.92. The first kappa shape index (κ1) is 20.3. The highest BCUT2D eigenvalue weighted by atomic mass is 35.5. The van der Waals surface area contributed by atoms with Crippen molar-refractivity contribution < 1.29 is 9.18 Å². The maximum atomic E-state index is 13.5. The molecule has 0 spiro atoms. The molecule has 4 rings (SSSR count). The Balaban J connectivity index is 1.83. The van der Waals surface area contributed by atoms with Crippen LogP contribution in [-0.4, -0.2) is 15.0 Å². The second kappa shape index (κ2) is 8.01. The Morgan fingerprint density at radius 1 is 0.967 bits per heavy atom. The fraction of sp³-hybridized carbons (Fsp3) is 0.0909. The van der Waals surface area contributed by atoms with E-state index < -0.39 is 11.7 Å². The lowest BCUT2D eigenvalue weighted by Crippen LogP contribution is -2.19. The number of rotatable bonds is 4. The summed E-state index contributed by atoms with van der Waals surface area (Å²) in [5, 5.41) is 3.42. The molecule has 5 nitrogen and oxygen atoms in total. The molecule has 0 unspecified atom stereocenters. The van der Waals surface area contributed by atoms with Crippen LogP contribution in [0.2, 0.25) is 5.02 Å². The number of amides is 1. The van der Waals surface area contributed by atoms with Gasteiger partial charge in [0.05, 0.1) is 21.7 Å². The number of nitrogens with one attached hydrogen (secondary N) is 1. The number of aromatic nitrogens is 2. The molecular weight excluding hydrogens is 425 g/mol. The molecule has 0 atom stereocenters. The lowest BCUT2D eigenvalue weighted by atomic mass is 10.2. The minimum atomic E-state index is -0.491. The number of imidazole rings is 1. The fourth-order valence-corrected chi connectivity index (χ4v) is 4.37. The predicted octanol–water partition coefficient (Wildman–Crippen LogP) is 5.07. The highest BCUT2D eigenvalue weighted by Gasteiger charge is 2.17. The van der Waals surface area contributed by atoms with E-state index in [4.69, 9.17) is 11.6 Å². The van der Waals surface area contributed by atoms with Gasteiger partial charge in [0.2, 0.25) is 0 Å². The number of aryl methyl sites for hydroxylation is 2. The number of hydrogen-bond acceptors (Lipinski definition) is 3. The van der Waals surface area contributed by atoms with E-state index in [-0.39, 0.29) is 11.3 Å². The van der Waals surface area contributed by atoms with Crippen molar-refractivity contribution in [1.29, 1.82) is 0 Å². The van der Waals surface area contributed by atoms with Gasteiger partial charge in [-0.2, -0.15) is 0 Å². The van der Waals surface area contributed by atoms with Crippen LogP contribution in [0.25, 0.3) is 11.0 Å². The Bertz CT molecular complexity index is 1350. The van der Waals surface area contributed by atoms with Crippen LogP contribution in [0.4, 0.5) is 10.1 Å². The Kier molecular flexibility index (Phi) is 5.40. The van der Waals surface area contributed by atoms with Crippen LogP contribution < -0.4 is 11.0 Å². The second-order valence-electron chi connectivity index (χ2n) is 6.73. The lowest BCUT2D eigenvalue weighted by Gasteiger charge is -2.13. The molecule has 0 radical (unpaired) electrons. The number of fused-ring (bicyclic) bond motifs is 1. The van der Waals surface area contributed by atoms with Crippen LogP contribution in [0.3, 0.4) is 0 Å². The van der Waals surface area contributed by atoms with E-state index in [1.54, 1.807) is 30.8 Å². The zero-order chi connectivity index (χ0) is 21.4. The van der Waals surface area contributed by atoms with Crippen molar-refractivity contribution in [3.8, 4) is 0 Å². The van der Waals surface area contributed by atoms with Gasteiger partial charge in [-0.05, 0) is 42.5 Å². The van der Waals surface area contributed by atoms with E-state index in [2.05, 4.69) is 5.32 Å². The topological polar surface area (TPSA) is 56.0 Å². The number of hydrogen-bond donors (Lipinski definition) is 1. The van der Waals surface area contributed by atoms with Gasteiger partial charge >= 0.3 is 5.69 Å². The third-order valence-corrected chi connectivity index (χ3v) is 6.34. The zero-order valence-electron chi connectivity index (χ0n) is 16.1. The largest absolute Gasteiger partial charge is 0.328 e. The van der Waals surface area contributed by atoms with E-state index in [1.807, 2.05) is 24.3 Å². The average molecular weight is 442 g/mol. The van der Waals surface area contributed by atoms with Crippen LogP contribution in [0.1, 0.15) is 10.4 Å². The van der Waals surface area contributed by atoms with E-state index >= 15 is 0 Å². The zero-order valence-corrected chi connectivity index (χ0v) is 17.7. The van der Waals surface area contributed by atoms with Gasteiger partial charge in [0, 0.05) is 29.4 Å².